The summed E-state index contributed by atoms with van der Waals surface area (Å²) in [6.07, 6.45) is 1.66. The van der Waals surface area contributed by atoms with E-state index >= 15 is 0 Å². The van der Waals surface area contributed by atoms with Crippen molar-refractivity contribution in [3.8, 4) is 11.3 Å². The molecule has 0 saturated heterocycles. The zero-order valence-corrected chi connectivity index (χ0v) is 13.5. The maximum Gasteiger partial charge on any atom is 0.135 e. The molecule has 1 heterocycles. The lowest BCUT2D eigenvalue weighted by molar-refractivity contribution is 0.582. The van der Waals surface area contributed by atoms with Gasteiger partial charge in [-0.2, -0.15) is 0 Å². The molecule has 0 fully saturated rings. The molecule has 2 N–H and O–H groups in total. The van der Waals surface area contributed by atoms with Gasteiger partial charge in [-0.3, -0.25) is 0 Å². The van der Waals surface area contributed by atoms with Crippen molar-refractivity contribution >= 4 is 17.6 Å². The van der Waals surface area contributed by atoms with Gasteiger partial charge in [0.25, 0.3) is 0 Å². The van der Waals surface area contributed by atoms with Crippen LogP contribution in [0.15, 0.2) is 70.2 Å². The molecule has 0 aliphatic heterocycles. The van der Waals surface area contributed by atoms with Gasteiger partial charge in [0.1, 0.15) is 11.6 Å². The number of nitrogens with one attached hydrogen (secondary N) is 2. The van der Waals surface area contributed by atoms with Gasteiger partial charge in [-0.1, -0.05) is 6.07 Å². The third kappa shape index (κ3) is 3.94. The van der Waals surface area contributed by atoms with Gasteiger partial charge in [0.2, 0.25) is 0 Å². The fraction of sp³-hybridized carbons (Fsp3) is 0.111. The summed E-state index contributed by atoms with van der Waals surface area (Å²) >= 11 is 1.44. The van der Waals surface area contributed by atoms with E-state index in [0.717, 1.165) is 28.5 Å². The lowest BCUT2D eigenvalue weighted by atomic mass is 10.1. The van der Waals surface area contributed by atoms with Crippen molar-refractivity contribution in [1.82, 2.24) is 5.32 Å². The number of anilines is 1. The molecular formula is C18H17FN2OS. The van der Waals surface area contributed by atoms with Crippen molar-refractivity contribution in [2.24, 2.45) is 0 Å². The molecule has 0 radical (unpaired) electrons. The minimum Gasteiger partial charge on any atom is -0.464 e. The second-order valence-electron chi connectivity index (χ2n) is 5.05. The van der Waals surface area contributed by atoms with Crippen LogP contribution < -0.4 is 10.0 Å². The van der Waals surface area contributed by atoms with Crippen molar-refractivity contribution in [2.45, 2.75) is 11.4 Å². The van der Waals surface area contributed by atoms with E-state index in [9.17, 15) is 4.39 Å². The minimum atomic E-state index is -0.235. The first-order chi connectivity index (χ1) is 11.3. The quantitative estimate of drug-likeness (QED) is 0.630. The van der Waals surface area contributed by atoms with Crippen LogP contribution in [0.1, 0.15) is 5.56 Å². The molecule has 0 aliphatic carbocycles. The van der Waals surface area contributed by atoms with Crippen molar-refractivity contribution in [3.05, 3.63) is 72.2 Å². The molecule has 23 heavy (non-hydrogen) atoms. The van der Waals surface area contributed by atoms with E-state index < -0.39 is 0 Å². The first-order valence-electron chi connectivity index (χ1n) is 7.26. The topological polar surface area (TPSA) is 37.2 Å². The average Bonchev–Trinajstić information content (AvgIpc) is 3.09. The average molecular weight is 328 g/mol. The highest BCUT2D eigenvalue weighted by Gasteiger charge is 2.09. The molecule has 2 aromatic carbocycles. The standard InChI is InChI=1S/C18H17FN2OS/c1-20-12-13-4-9-16(18-3-2-10-22-18)17(11-13)21-23-15-7-5-14(19)6-8-15/h2-11,20-21H,12H2,1H3. The smallest absolute Gasteiger partial charge is 0.135 e. The van der Waals surface area contributed by atoms with Gasteiger partial charge < -0.3 is 14.5 Å². The van der Waals surface area contributed by atoms with Crippen LogP contribution in [0.2, 0.25) is 0 Å². The maximum absolute atomic E-state index is 13.0. The molecule has 3 aromatic rings. The number of halogens is 1. The van der Waals surface area contributed by atoms with Gasteiger partial charge in [0.05, 0.1) is 12.0 Å². The van der Waals surface area contributed by atoms with Gasteiger partial charge in [-0.15, -0.1) is 0 Å². The largest absolute Gasteiger partial charge is 0.464 e. The Morgan fingerprint density at radius 3 is 2.61 bits per heavy atom. The monoisotopic (exact) mass is 328 g/mol. The predicted molar refractivity (Wildman–Crippen MR) is 92.8 cm³/mol. The molecular weight excluding hydrogens is 311 g/mol. The van der Waals surface area contributed by atoms with Crippen LogP contribution in [0.4, 0.5) is 10.1 Å². The summed E-state index contributed by atoms with van der Waals surface area (Å²) in [5, 5.41) is 3.15. The van der Waals surface area contributed by atoms with Gasteiger partial charge in [0, 0.05) is 17.0 Å². The van der Waals surface area contributed by atoms with Gasteiger partial charge in [0.15, 0.2) is 0 Å². The molecule has 3 rings (SSSR count). The highest BCUT2D eigenvalue weighted by molar-refractivity contribution is 8.00. The lowest BCUT2D eigenvalue weighted by Gasteiger charge is -2.12. The highest BCUT2D eigenvalue weighted by Crippen LogP contribution is 2.32. The van der Waals surface area contributed by atoms with Crippen molar-refractivity contribution in [1.29, 1.82) is 0 Å². The lowest BCUT2D eigenvalue weighted by Crippen LogP contribution is -2.05. The third-order valence-corrected chi connectivity index (χ3v) is 4.17. The maximum atomic E-state index is 13.0. The number of rotatable bonds is 6. The van der Waals surface area contributed by atoms with E-state index in [-0.39, 0.29) is 5.82 Å². The summed E-state index contributed by atoms with van der Waals surface area (Å²) in [5.74, 6) is 0.574. The first kappa shape index (κ1) is 15.6. The second kappa shape index (κ2) is 7.35. The number of benzene rings is 2. The molecule has 118 valence electrons. The van der Waals surface area contributed by atoms with Crippen LogP contribution in [0.5, 0.6) is 0 Å². The molecule has 0 saturated carbocycles. The Morgan fingerprint density at radius 2 is 1.91 bits per heavy atom. The second-order valence-corrected chi connectivity index (χ2v) is 5.93. The summed E-state index contributed by atoms with van der Waals surface area (Å²) < 4.78 is 21.8. The Kier molecular flexibility index (Phi) is 5.00. The zero-order chi connectivity index (χ0) is 16.1. The van der Waals surface area contributed by atoms with Crippen LogP contribution in [-0.2, 0) is 6.54 Å². The Balaban J connectivity index is 1.85. The van der Waals surface area contributed by atoms with Crippen molar-refractivity contribution in [2.75, 3.05) is 11.8 Å². The van der Waals surface area contributed by atoms with Gasteiger partial charge in [-0.25, -0.2) is 4.39 Å². The molecule has 3 nitrogen and oxygen atoms in total. The minimum absolute atomic E-state index is 0.235. The molecule has 0 bridgehead atoms. The van der Waals surface area contributed by atoms with Crippen LogP contribution in [0, 0.1) is 5.82 Å². The SMILES string of the molecule is CNCc1ccc(-c2ccco2)c(NSc2ccc(F)cc2)c1. The summed E-state index contributed by atoms with van der Waals surface area (Å²) in [5.41, 5.74) is 3.12. The molecule has 0 spiro atoms. The van der Waals surface area contributed by atoms with E-state index in [1.807, 2.05) is 25.2 Å². The predicted octanol–water partition coefficient (Wildman–Crippen LogP) is 4.92. The van der Waals surface area contributed by atoms with Gasteiger partial charge in [-0.05, 0) is 73.1 Å². The number of furan rings is 1. The Labute approximate surface area is 139 Å². The highest BCUT2D eigenvalue weighted by atomic mass is 32.2. The number of hydrogen-bond acceptors (Lipinski definition) is 4. The Hall–Kier alpha value is -2.24. The molecule has 1 aromatic heterocycles. The number of hydrogen-bond donors (Lipinski definition) is 2. The van der Waals surface area contributed by atoms with E-state index in [1.54, 1.807) is 18.4 Å². The van der Waals surface area contributed by atoms with E-state index in [0.29, 0.717) is 0 Å². The summed E-state index contributed by atoms with van der Waals surface area (Å²) in [4.78, 5) is 0.941. The normalized spacial score (nSPS) is 10.7. The van der Waals surface area contributed by atoms with Crippen LogP contribution in [0.3, 0.4) is 0 Å². The van der Waals surface area contributed by atoms with Crippen LogP contribution in [-0.4, -0.2) is 7.05 Å². The van der Waals surface area contributed by atoms with E-state index in [2.05, 4.69) is 22.2 Å². The fourth-order valence-electron chi connectivity index (χ4n) is 2.25. The molecule has 5 heteroatoms. The molecule has 0 unspecified atom stereocenters. The summed E-state index contributed by atoms with van der Waals surface area (Å²) in [7, 11) is 1.92. The third-order valence-electron chi connectivity index (χ3n) is 3.34. The first-order valence-corrected chi connectivity index (χ1v) is 8.08. The summed E-state index contributed by atoms with van der Waals surface area (Å²) in [6, 6.07) is 16.4. The van der Waals surface area contributed by atoms with Gasteiger partial charge >= 0.3 is 0 Å². The zero-order valence-electron chi connectivity index (χ0n) is 12.7. The van der Waals surface area contributed by atoms with E-state index in [1.165, 1.54) is 29.6 Å². The summed E-state index contributed by atoms with van der Waals surface area (Å²) in [6.45, 7) is 0.786. The Bertz CT molecular complexity index is 757. The Morgan fingerprint density at radius 1 is 1.09 bits per heavy atom. The molecule has 0 atom stereocenters. The van der Waals surface area contributed by atoms with Crippen molar-refractivity contribution in [3.63, 3.8) is 0 Å². The van der Waals surface area contributed by atoms with E-state index in [4.69, 9.17) is 4.42 Å². The van der Waals surface area contributed by atoms with Crippen LogP contribution >= 0.6 is 11.9 Å². The van der Waals surface area contributed by atoms with Crippen LogP contribution in [0.25, 0.3) is 11.3 Å². The fourth-order valence-corrected chi connectivity index (χ4v) is 2.92. The molecule has 0 aliphatic rings. The molecule has 0 amide bonds. The van der Waals surface area contributed by atoms with Crippen molar-refractivity contribution < 1.29 is 8.81 Å².